The highest BCUT2D eigenvalue weighted by atomic mass is 79.9. The van der Waals surface area contributed by atoms with Crippen LogP contribution in [0.5, 0.6) is 0 Å². The summed E-state index contributed by atoms with van der Waals surface area (Å²) in [5.74, 6) is 0.811. The van der Waals surface area contributed by atoms with Gasteiger partial charge < -0.3 is 0 Å². The van der Waals surface area contributed by atoms with Crippen LogP contribution in [0.25, 0.3) is 16.9 Å². The van der Waals surface area contributed by atoms with E-state index < -0.39 is 0 Å². The van der Waals surface area contributed by atoms with Crippen molar-refractivity contribution >= 4 is 38.7 Å². The lowest BCUT2D eigenvalue weighted by molar-refractivity contribution is 0.872. The van der Waals surface area contributed by atoms with E-state index >= 15 is 0 Å². The van der Waals surface area contributed by atoms with E-state index in [-0.39, 0.29) is 5.38 Å². The molecule has 0 spiro atoms. The fourth-order valence-corrected chi connectivity index (χ4v) is 2.93. The van der Waals surface area contributed by atoms with Crippen molar-refractivity contribution in [1.82, 2.24) is 14.5 Å². The largest absolute Gasteiger partial charge is 0.279 e. The maximum atomic E-state index is 6.29. The predicted octanol–water partition coefficient (Wildman–Crippen LogP) is 4.79. The Labute approximate surface area is 130 Å². The van der Waals surface area contributed by atoms with Crippen molar-refractivity contribution < 1.29 is 0 Å². The molecule has 20 heavy (non-hydrogen) atoms. The topological polar surface area (TPSA) is 30.7 Å². The third-order valence-electron chi connectivity index (χ3n) is 3.20. The minimum atomic E-state index is -0.188. The van der Waals surface area contributed by atoms with Gasteiger partial charge in [-0.05, 0) is 49.7 Å². The normalized spacial score (nSPS) is 12.8. The van der Waals surface area contributed by atoms with Gasteiger partial charge >= 0.3 is 0 Å². The number of hydrogen-bond donors (Lipinski definition) is 0. The minimum absolute atomic E-state index is 0.188. The maximum absolute atomic E-state index is 6.29. The fourth-order valence-electron chi connectivity index (χ4n) is 2.30. The Morgan fingerprint density at radius 2 is 2.10 bits per heavy atom. The minimum Gasteiger partial charge on any atom is -0.279 e. The second-order valence-electron chi connectivity index (χ2n) is 4.70. The summed E-state index contributed by atoms with van der Waals surface area (Å²) >= 11 is 9.78. The van der Waals surface area contributed by atoms with E-state index in [1.807, 2.05) is 29.7 Å². The first-order valence-corrected chi connectivity index (χ1v) is 7.55. The van der Waals surface area contributed by atoms with Crippen molar-refractivity contribution in [3.05, 3.63) is 52.4 Å². The Hall–Kier alpha value is -1.39. The van der Waals surface area contributed by atoms with Crippen molar-refractivity contribution in [2.24, 2.45) is 0 Å². The van der Waals surface area contributed by atoms with Gasteiger partial charge in [-0.1, -0.05) is 15.9 Å². The lowest BCUT2D eigenvalue weighted by atomic mass is 10.2. The number of pyridine rings is 1. The van der Waals surface area contributed by atoms with Crippen molar-refractivity contribution in [2.45, 2.75) is 19.2 Å². The molecule has 3 rings (SSSR count). The van der Waals surface area contributed by atoms with Gasteiger partial charge in [-0.25, -0.2) is 9.97 Å². The average Bonchev–Trinajstić information content (AvgIpc) is 2.78. The molecule has 0 aliphatic heterocycles. The second-order valence-corrected chi connectivity index (χ2v) is 6.27. The molecule has 0 aliphatic rings. The van der Waals surface area contributed by atoms with E-state index in [2.05, 4.69) is 45.0 Å². The first-order valence-electron chi connectivity index (χ1n) is 6.32. The number of halogens is 2. The van der Waals surface area contributed by atoms with Crippen LogP contribution in [-0.4, -0.2) is 14.5 Å². The predicted molar refractivity (Wildman–Crippen MR) is 85.6 cm³/mol. The summed E-state index contributed by atoms with van der Waals surface area (Å²) in [6.45, 7) is 3.99. The van der Waals surface area contributed by atoms with E-state index in [0.29, 0.717) is 0 Å². The summed E-state index contributed by atoms with van der Waals surface area (Å²) in [5.41, 5.74) is 3.89. The van der Waals surface area contributed by atoms with Gasteiger partial charge in [-0.3, -0.25) is 4.57 Å². The molecule has 0 aliphatic carbocycles. The number of benzene rings is 1. The number of aromatic nitrogens is 3. The van der Waals surface area contributed by atoms with Gasteiger partial charge in [-0.2, -0.15) is 0 Å². The van der Waals surface area contributed by atoms with Gasteiger partial charge in [0.15, 0.2) is 5.65 Å². The monoisotopic (exact) mass is 349 g/mol. The second kappa shape index (κ2) is 5.19. The van der Waals surface area contributed by atoms with Gasteiger partial charge in [0.2, 0.25) is 0 Å². The summed E-state index contributed by atoms with van der Waals surface area (Å²) in [7, 11) is 0. The number of imidazole rings is 1. The SMILES string of the molecule is Cc1cc(Br)ccc1-n1c(C(C)Cl)nc2cccnc21. The molecule has 0 bridgehead atoms. The van der Waals surface area contributed by atoms with Crippen LogP contribution >= 0.6 is 27.5 Å². The molecule has 1 atom stereocenters. The standard InChI is InChI=1S/C15H13BrClN3/c1-9-8-11(16)5-6-13(9)20-14(10(2)17)19-12-4-3-7-18-15(12)20/h3-8,10H,1-2H3. The molecule has 102 valence electrons. The molecule has 2 aromatic heterocycles. The Morgan fingerprint density at radius 1 is 1.30 bits per heavy atom. The summed E-state index contributed by atoms with van der Waals surface area (Å²) < 4.78 is 3.09. The lowest BCUT2D eigenvalue weighted by Gasteiger charge is -2.13. The van der Waals surface area contributed by atoms with Gasteiger partial charge in [0.05, 0.1) is 11.1 Å². The lowest BCUT2D eigenvalue weighted by Crippen LogP contribution is -2.04. The number of alkyl halides is 1. The number of aryl methyl sites for hydroxylation is 1. The summed E-state index contributed by atoms with van der Waals surface area (Å²) in [5, 5.41) is -0.188. The van der Waals surface area contributed by atoms with Crippen molar-refractivity contribution in [2.75, 3.05) is 0 Å². The molecule has 3 aromatic rings. The first-order chi connectivity index (χ1) is 9.58. The first kappa shape index (κ1) is 13.6. The van der Waals surface area contributed by atoms with Crippen molar-refractivity contribution in [1.29, 1.82) is 0 Å². The van der Waals surface area contributed by atoms with E-state index in [9.17, 15) is 0 Å². The van der Waals surface area contributed by atoms with Crippen LogP contribution in [0.4, 0.5) is 0 Å². The van der Waals surface area contributed by atoms with Crippen LogP contribution in [0.1, 0.15) is 23.7 Å². The molecular formula is C15H13BrClN3. The molecule has 5 heteroatoms. The van der Waals surface area contributed by atoms with Crippen LogP contribution in [0, 0.1) is 6.92 Å². The Bertz CT molecular complexity index is 780. The van der Waals surface area contributed by atoms with Gasteiger partial charge in [0.25, 0.3) is 0 Å². The number of nitrogens with zero attached hydrogens (tertiary/aromatic N) is 3. The van der Waals surface area contributed by atoms with Crippen LogP contribution < -0.4 is 0 Å². The molecule has 3 nitrogen and oxygen atoms in total. The van der Waals surface area contributed by atoms with E-state index in [1.165, 1.54) is 0 Å². The quantitative estimate of drug-likeness (QED) is 0.622. The third kappa shape index (κ3) is 2.23. The van der Waals surface area contributed by atoms with Crippen LogP contribution in [-0.2, 0) is 0 Å². The molecule has 0 fully saturated rings. The molecule has 1 unspecified atom stereocenters. The van der Waals surface area contributed by atoms with Gasteiger partial charge in [-0.15, -0.1) is 11.6 Å². The maximum Gasteiger partial charge on any atom is 0.164 e. The van der Waals surface area contributed by atoms with Gasteiger partial charge in [0.1, 0.15) is 11.3 Å². The molecular weight excluding hydrogens is 338 g/mol. The van der Waals surface area contributed by atoms with Crippen molar-refractivity contribution in [3.63, 3.8) is 0 Å². The highest BCUT2D eigenvalue weighted by Crippen LogP contribution is 2.29. The van der Waals surface area contributed by atoms with Gasteiger partial charge in [0, 0.05) is 10.7 Å². The molecule has 1 aromatic carbocycles. The fraction of sp³-hybridized carbons (Fsp3) is 0.200. The molecule has 0 saturated heterocycles. The molecule has 2 heterocycles. The highest BCUT2D eigenvalue weighted by Gasteiger charge is 2.18. The Balaban J connectivity index is 2.36. The highest BCUT2D eigenvalue weighted by molar-refractivity contribution is 9.10. The van der Waals surface area contributed by atoms with Crippen LogP contribution in [0.3, 0.4) is 0 Å². The third-order valence-corrected chi connectivity index (χ3v) is 3.89. The average molecular weight is 351 g/mol. The molecule has 0 radical (unpaired) electrons. The smallest absolute Gasteiger partial charge is 0.164 e. The van der Waals surface area contributed by atoms with Crippen molar-refractivity contribution in [3.8, 4) is 5.69 Å². The van der Waals surface area contributed by atoms with E-state index in [4.69, 9.17) is 11.6 Å². The van der Waals surface area contributed by atoms with E-state index in [0.717, 1.165) is 32.7 Å². The number of rotatable bonds is 2. The summed E-state index contributed by atoms with van der Waals surface area (Å²) in [6.07, 6.45) is 1.78. The zero-order valence-electron chi connectivity index (χ0n) is 11.1. The van der Waals surface area contributed by atoms with Crippen LogP contribution in [0.15, 0.2) is 41.0 Å². The Kier molecular flexibility index (Phi) is 3.52. The number of fused-ring (bicyclic) bond motifs is 1. The summed E-state index contributed by atoms with van der Waals surface area (Å²) in [6, 6.07) is 9.98. The zero-order valence-corrected chi connectivity index (χ0v) is 13.5. The molecule has 0 saturated carbocycles. The number of hydrogen-bond acceptors (Lipinski definition) is 2. The molecule has 0 N–H and O–H groups in total. The Morgan fingerprint density at radius 3 is 2.80 bits per heavy atom. The molecule has 0 amide bonds. The zero-order chi connectivity index (χ0) is 14.3. The van der Waals surface area contributed by atoms with E-state index in [1.54, 1.807) is 6.20 Å². The van der Waals surface area contributed by atoms with Crippen LogP contribution in [0.2, 0.25) is 0 Å². The summed E-state index contributed by atoms with van der Waals surface area (Å²) in [4.78, 5) is 9.06.